The minimum atomic E-state index is -0.0973. The van der Waals surface area contributed by atoms with E-state index in [-0.39, 0.29) is 18.4 Å². The molecular formula is C14H21NO2. The molecule has 0 saturated carbocycles. The lowest BCUT2D eigenvalue weighted by atomic mass is 10.0. The molecule has 0 radical (unpaired) electrons. The Hall–Kier alpha value is -0.900. The Morgan fingerprint density at radius 1 is 1.35 bits per heavy atom. The molecule has 1 aliphatic rings. The maximum atomic E-state index is 5.86. The first-order valence-corrected chi connectivity index (χ1v) is 6.32. The van der Waals surface area contributed by atoms with E-state index in [0.717, 1.165) is 19.3 Å². The normalized spacial score (nSPS) is 26.7. The summed E-state index contributed by atoms with van der Waals surface area (Å²) in [5.41, 5.74) is 7.04. The van der Waals surface area contributed by atoms with Gasteiger partial charge in [0.15, 0.2) is 6.29 Å². The molecule has 1 fully saturated rings. The molecule has 1 aromatic carbocycles. The number of hydrogen-bond acceptors (Lipinski definition) is 3. The number of rotatable bonds is 4. The van der Waals surface area contributed by atoms with Gasteiger partial charge in [-0.15, -0.1) is 0 Å². The fourth-order valence-corrected chi connectivity index (χ4v) is 2.09. The quantitative estimate of drug-likeness (QED) is 0.871. The summed E-state index contributed by atoms with van der Waals surface area (Å²) in [7, 11) is 0. The minimum Gasteiger partial charge on any atom is -0.348 e. The van der Waals surface area contributed by atoms with E-state index in [1.54, 1.807) is 0 Å². The van der Waals surface area contributed by atoms with Crippen molar-refractivity contribution in [3.63, 3.8) is 0 Å². The van der Waals surface area contributed by atoms with Crippen LogP contribution in [0.2, 0.25) is 0 Å². The Morgan fingerprint density at radius 2 is 2.12 bits per heavy atom. The molecule has 0 bridgehead atoms. The molecule has 1 heterocycles. The van der Waals surface area contributed by atoms with Crippen molar-refractivity contribution >= 4 is 0 Å². The molecule has 2 N–H and O–H groups in total. The predicted octanol–water partition coefficient (Wildman–Crippen LogP) is 2.45. The Morgan fingerprint density at radius 3 is 2.82 bits per heavy atom. The molecule has 3 heteroatoms. The van der Waals surface area contributed by atoms with Crippen LogP contribution in [0, 0.1) is 0 Å². The second-order valence-corrected chi connectivity index (χ2v) is 4.69. The molecule has 2 unspecified atom stereocenters. The largest absolute Gasteiger partial charge is 0.348 e. The fourth-order valence-electron chi connectivity index (χ4n) is 2.09. The lowest BCUT2D eigenvalue weighted by Crippen LogP contribution is -2.40. The van der Waals surface area contributed by atoms with Crippen LogP contribution in [0.25, 0.3) is 0 Å². The Balaban J connectivity index is 1.79. The van der Waals surface area contributed by atoms with E-state index in [1.807, 2.05) is 25.1 Å². The maximum Gasteiger partial charge on any atom is 0.158 e. The molecule has 0 aromatic heterocycles. The van der Waals surface area contributed by atoms with Gasteiger partial charge in [-0.25, -0.2) is 0 Å². The number of ether oxygens (including phenoxy) is 2. The highest BCUT2D eigenvalue weighted by Gasteiger charge is 2.25. The van der Waals surface area contributed by atoms with Crippen molar-refractivity contribution in [1.82, 2.24) is 0 Å². The first-order chi connectivity index (χ1) is 8.25. The van der Waals surface area contributed by atoms with Crippen LogP contribution in [0.1, 0.15) is 31.7 Å². The van der Waals surface area contributed by atoms with Gasteiger partial charge in [-0.3, -0.25) is 0 Å². The van der Waals surface area contributed by atoms with E-state index in [1.165, 1.54) is 5.56 Å². The zero-order chi connectivity index (χ0) is 12.1. The third kappa shape index (κ3) is 3.80. The molecule has 1 saturated heterocycles. The number of nitrogens with two attached hydrogens (primary N) is 1. The zero-order valence-corrected chi connectivity index (χ0v) is 10.3. The zero-order valence-electron chi connectivity index (χ0n) is 10.3. The second kappa shape index (κ2) is 6.15. The molecule has 0 amide bonds. The van der Waals surface area contributed by atoms with Crippen LogP contribution in [0.5, 0.6) is 0 Å². The van der Waals surface area contributed by atoms with Crippen LogP contribution in [0.4, 0.5) is 0 Å². The van der Waals surface area contributed by atoms with Crippen molar-refractivity contribution < 1.29 is 9.47 Å². The predicted molar refractivity (Wildman–Crippen MR) is 67.4 cm³/mol. The van der Waals surface area contributed by atoms with Crippen LogP contribution < -0.4 is 5.73 Å². The van der Waals surface area contributed by atoms with Gasteiger partial charge >= 0.3 is 0 Å². The maximum absolute atomic E-state index is 5.86. The average Bonchev–Trinajstić information content (AvgIpc) is 2.38. The molecule has 2 rings (SSSR count). The van der Waals surface area contributed by atoms with Crippen molar-refractivity contribution in [3.05, 3.63) is 35.9 Å². The molecule has 3 nitrogen and oxygen atoms in total. The van der Waals surface area contributed by atoms with E-state index in [9.17, 15) is 0 Å². The van der Waals surface area contributed by atoms with E-state index in [0.29, 0.717) is 6.61 Å². The molecule has 3 atom stereocenters. The topological polar surface area (TPSA) is 44.5 Å². The van der Waals surface area contributed by atoms with Gasteiger partial charge in [0.25, 0.3) is 0 Å². The van der Waals surface area contributed by atoms with Crippen LogP contribution in [0.3, 0.4) is 0 Å². The van der Waals surface area contributed by atoms with Crippen molar-refractivity contribution in [2.45, 2.75) is 51.2 Å². The number of hydrogen-bond donors (Lipinski definition) is 1. The van der Waals surface area contributed by atoms with Crippen molar-refractivity contribution in [2.75, 3.05) is 0 Å². The van der Waals surface area contributed by atoms with Crippen molar-refractivity contribution in [1.29, 1.82) is 0 Å². The Bertz CT molecular complexity index is 326. The van der Waals surface area contributed by atoms with Crippen molar-refractivity contribution in [3.8, 4) is 0 Å². The standard InChI is InChI=1S/C14H21NO2/c1-11(15)13-8-5-9-14(17-13)16-10-12-6-3-2-4-7-12/h2-4,6-7,11,13-14H,5,8-10,15H2,1H3/t11-,13?,14?/m0/s1. The van der Waals surface area contributed by atoms with Gasteiger partial charge in [0.2, 0.25) is 0 Å². The van der Waals surface area contributed by atoms with Gasteiger partial charge in [0.05, 0.1) is 12.7 Å². The third-order valence-corrected chi connectivity index (χ3v) is 3.12. The second-order valence-electron chi connectivity index (χ2n) is 4.69. The summed E-state index contributed by atoms with van der Waals surface area (Å²) in [6, 6.07) is 10.2. The van der Waals surface area contributed by atoms with E-state index < -0.39 is 0 Å². The highest BCUT2D eigenvalue weighted by Crippen LogP contribution is 2.22. The molecule has 94 valence electrons. The Labute approximate surface area is 103 Å². The molecule has 0 spiro atoms. The molecule has 1 aromatic rings. The van der Waals surface area contributed by atoms with Crippen molar-refractivity contribution in [2.24, 2.45) is 5.73 Å². The average molecular weight is 235 g/mol. The lowest BCUT2D eigenvalue weighted by Gasteiger charge is -2.32. The first-order valence-electron chi connectivity index (χ1n) is 6.32. The summed E-state index contributed by atoms with van der Waals surface area (Å²) in [5, 5.41) is 0. The molecule has 17 heavy (non-hydrogen) atoms. The summed E-state index contributed by atoms with van der Waals surface area (Å²) >= 11 is 0. The van der Waals surface area contributed by atoms with Gasteiger partial charge in [0.1, 0.15) is 0 Å². The van der Waals surface area contributed by atoms with Gasteiger partial charge in [-0.05, 0) is 31.7 Å². The van der Waals surface area contributed by atoms with Gasteiger partial charge < -0.3 is 15.2 Å². The van der Waals surface area contributed by atoms with Crippen LogP contribution in [-0.2, 0) is 16.1 Å². The molecular weight excluding hydrogens is 214 g/mol. The summed E-state index contributed by atoms with van der Waals surface area (Å²) < 4.78 is 11.6. The molecule has 0 aliphatic carbocycles. The van der Waals surface area contributed by atoms with E-state index in [4.69, 9.17) is 15.2 Å². The van der Waals surface area contributed by atoms with Crippen LogP contribution in [0.15, 0.2) is 30.3 Å². The SMILES string of the molecule is C[C@H](N)C1CCCC(OCc2ccccc2)O1. The summed E-state index contributed by atoms with van der Waals surface area (Å²) in [6.45, 7) is 2.60. The minimum absolute atomic E-state index is 0.0816. The monoisotopic (exact) mass is 235 g/mol. The Kier molecular flexibility index (Phi) is 4.54. The highest BCUT2D eigenvalue weighted by atomic mass is 16.7. The smallest absolute Gasteiger partial charge is 0.158 e. The highest BCUT2D eigenvalue weighted by molar-refractivity contribution is 5.13. The van der Waals surface area contributed by atoms with Gasteiger partial charge in [-0.2, -0.15) is 0 Å². The third-order valence-electron chi connectivity index (χ3n) is 3.12. The summed E-state index contributed by atoms with van der Waals surface area (Å²) in [5.74, 6) is 0. The number of benzene rings is 1. The van der Waals surface area contributed by atoms with Gasteiger partial charge in [-0.1, -0.05) is 30.3 Å². The van der Waals surface area contributed by atoms with E-state index >= 15 is 0 Å². The van der Waals surface area contributed by atoms with Gasteiger partial charge in [0, 0.05) is 6.04 Å². The lowest BCUT2D eigenvalue weighted by molar-refractivity contribution is -0.202. The summed E-state index contributed by atoms with van der Waals surface area (Å²) in [6.07, 6.45) is 3.19. The van der Waals surface area contributed by atoms with E-state index in [2.05, 4.69) is 12.1 Å². The van der Waals surface area contributed by atoms with Crippen LogP contribution >= 0.6 is 0 Å². The van der Waals surface area contributed by atoms with Crippen LogP contribution in [-0.4, -0.2) is 18.4 Å². The summed E-state index contributed by atoms with van der Waals surface area (Å²) in [4.78, 5) is 0. The first kappa shape index (κ1) is 12.6. The fraction of sp³-hybridized carbons (Fsp3) is 0.571. The molecule has 1 aliphatic heterocycles.